The van der Waals surface area contributed by atoms with Gasteiger partial charge in [0.1, 0.15) is 11.6 Å². The van der Waals surface area contributed by atoms with Gasteiger partial charge in [-0.1, -0.05) is 36.8 Å². The molecule has 0 radical (unpaired) electrons. The average molecular weight is 404 g/mol. The quantitative estimate of drug-likeness (QED) is 0.453. The minimum absolute atomic E-state index is 0.203. The normalized spacial score (nSPS) is 20.2. The summed E-state index contributed by atoms with van der Waals surface area (Å²) >= 11 is 0. The van der Waals surface area contributed by atoms with Gasteiger partial charge in [0.25, 0.3) is 0 Å². The van der Waals surface area contributed by atoms with E-state index in [1.807, 2.05) is 6.20 Å². The van der Waals surface area contributed by atoms with E-state index in [0.29, 0.717) is 36.4 Å². The van der Waals surface area contributed by atoms with Crippen LogP contribution in [0, 0.1) is 24.6 Å². The second-order valence-corrected chi connectivity index (χ2v) is 9.06. The molecule has 1 aliphatic rings. The Morgan fingerprint density at radius 1 is 1.07 bits per heavy atom. The lowest BCUT2D eigenvalue weighted by Crippen LogP contribution is -2.22. The number of ketones is 1. The molecule has 1 heterocycles. The number of Topliss-reactive ketones (excluding diaryl/α,β-unsaturated/α-hetero) is 1. The van der Waals surface area contributed by atoms with E-state index in [2.05, 4.69) is 49.2 Å². The molecule has 30 heavy (non-hydrogen) atoms. The van der Waals surface area contributed by atoms with Crippen LogP contribution in [-0.2, 0) is 11.2 Å². The van der Waals surface area contributed by atoms with E-state index >= 15 is 0 Å². The predicted molar refractivity (Wildman–Crippen MR) is 120 cm³/mol. The third kappa shape index (κ3) is 4.77. The minimum Gasteiger partial charge on any atom is -0.299 e. The first-order valence-electron chi connectivity index (χ1n) is 11.1. The molecule has 0 spiro atoms. The van der Waals surface area contributed by atoms with Crippen molar-refractivity contribution < 1.29 is 9.18 Å². The maximum atomic E-state index is 13.8. The number of hydrogen-bond donors (Lipinski definition) is 0. The monoisotopic (exact) mass is 403 g/mol. The van der Waals surface area contributed by atoms with E-state index in [-0.39, 0.29) is 5.82 Å². The molecule has 0 saturated heterocycles. The highest BCUT2D eigenvalue weighted by Crippen LogP contribution is 2.41. The van der Waals surface area contributed by atoms with Crippen LogP contribution >= 0.6 is 0 Å². The molecule has 3 heteroatoms. The molecule has 1 saturated carbocycles. The fraction of sp³-hybridized carbons (Fsp3) is 0.407. The number of fused-ring (bicyclic) bond motifs is 1. The molecule has 1 aromatic heterocycles. The number of carbonyl (C=O) groups excluding carboxylic acids is 1. The summed E-state index contributed by atoms with van der Waals surface area (Å²) in [6, 6.07) is 15.2. The Kier molecular flexibility index (Phi) is 6.26. The van der Waals surface area contributed by atoms with Crippen LogP contribution in [0.4, 0.5) is 4.39 Å². The molecule has 2 nitrogen and oxygen atoms in total. The largest absolute Gasteiger partial charge is 0.299 e. The first-order valence-corrected chi connectivity index (χ1v) is 11.1. The van der Waals surface area contributed by atoms with Crippen molar-refractivity contribution in [3.05, 3.63) is 77.2 Å². The zero-order valence-electron chi connectivity index (χ0n) is 17.9. The molecule has 1 aliphatic carbocycles. The highest BCUT2D eigenvalue weighted by Gasteiger charge is 2.28. The summed E-state index contributed by atoms with van der Waals surface area (Å²) in [5.74, 6) is 1.59. The van der Waals surface area contributed by atoms with Gasteiger partial charge in [0.05, 0.1) is 5.52 Å². The third-order valence-electron chi connectivity index (χ3n) is 6.83. The number of aryl methyl sites for hydroxylation is 1. The summed E-state index contributed by atoms with van der Waals surface area (Å²) in [6.07, 6.45) is 7.48. The second kappa shape index (κ2) is 9.07. The van der Waals surface area contributed by atoms with Crippen LogP contribution < -0.4 is 0 Å². The van der Waals surface area contributed by atoms with Gasteiger partial charge in [-0.2, -0.15) is 0 Å². The van der Waals surface area contributed by atoms with Crippen LogP contribution in [0.3, 0.4) is 0 Å². The van der Waals surface area contributed by atoms with Crippen LogP contribution in [-0.4, -0.2) is 10.8 Å². The summed E-state index contributed by atoms with van der Waals surface area (Å²) in [5.41, 5.74) is 4.42. The lowest BCUT2D eigenvalue weighted by molar-refractivity contribution is -0.119. The van der Waals surface area contributed by atoms with Gasteiger partial charge >= 0.3 is 0 Å². The number of pyridine rings is 1. The van der Waals surface area contributed by atoms with Crippen LogP contribution in [0.25, 0.3) is 10.9 Å². The van der Waals surface area contributed by atoms with E-state index in [4.69, 9.17) is 0 Å². The zero-order chi connectivity index (χ0) is 21.1. The van der Waals surface area contributed by atoms with Gasteiger partial charge in [-0.3, -0.25) is 9.78 Å². The van der Waals surface area contributed by atoms with E-state index < -0.39 is 0 Å². The van der Waals surface area contributed by atoms with Crippen LogP contribution in [0.1, 0.15) is 61.6 Å². The molecule has 156 valence electrons. The summed E-state index contributed by atoms with van der Waals surface area (Å²) < 4.78 is 13.8. The molecule has 4 rings (SSSR count). The van der Waals surface area contributed by atoms with Gasteiger partial charge in [0, 0.05) is 24.4 Å². The lowest BCUT2D eigenvalue weighted by Gasteiger charge is -2.32. The first kappa shape index (κ1) is 20.7. The van der Waals surface area contributed by atoms with Crippen LogP contribution in [0.2, 0.25) is 0 Å². The Morgan fingerprint density at radius 3 is 2.53 bits per heavy atom. The maximum Gasteiger partial charge on any atom is 0.137 e. The maximum absolute atomic E-state index is 13.8. The Balaban J connectivity index is 1.34. The van der Waals surface area contributed by atoms with Crippen molar-refractivity contribution in [1.82, 2.24) is 4.98 Å². The van der Waals surface area contributed by atoms with E-state index in [9.17, 15) is 9.18 Å². The first-order chi connectivity index (χ1) is 14.5. The number of benzene rings is 2. The number of hydrogen-bond acceptors (Lipinski definition) is 2. The summed E-state index contributed by atoms with van der Waals surface area (Å²) in [7, 11) is 0. The molecule has 0 N–H and O–H groups in total. The molecule has 2 aromatic carbocycles. The minimum atomic E-state index is -0.203. The van der Waals surface area contributed by atoms with Crippen molar-refractivity contribution in [3.63, 3.8) is 0 Å². The predicted octanol–water partition coefficient (Wildman–Crippen LogP) is 6.79. The van der Waals surface area contributed by atoms with E-state index in [1.54, 1.807) is 12.1 Å². The van der Waals surface area contributed by atoms with Crippen LogP contribution in [0.15, 0.2) is 54.7 Å². The van der Waals surface area contributed by atoms with Gasteiger partial charge < -0.3 is 0 Å². The van der Waals surface area contributed by atoms with Crippen molar-refractivity contribution in [1.29, 1.82) is 0 Å². The van der Waals surface area contributed by atoms with Crippen LogP contribution in [0.5, 0.6) is 0 Å². The smallest absolute Gasteiger partial charge is 0.137 e. The molecular formula is C27H30FNO. The molecule has 0 unspecified atom stereocenters. The van der Waals surface area contributed by atoms with Crippen molar-refractivity contribution in [2.24, 2.45) is 11.8 Å². The molecule has 0 aliphatic heterocycles. The van der Waals surface area contributed by atoms with Gasteiger partial charge in [-0.05, 0) is 85.8 Å². The molecule has 0 bridgehead atoms. The number of rotatable bonds is 6. The zero-order valence-corrected chi connectivity index (χ0v) is 17.9. The standard InChI is InChI=1S/C27H30FNO/c1-18-3-5-20(6-4-18)16-24(30)15-19(2)21-7-9-22(10-8-21)25-13-14-29-27-12-11-23(28)17-26(25)27/h3-6,11-14,17,19,21-22H,7-10,15-16H2,1-2H3/t19-,21?,22?/m0/s1. The fourth-order valence-corrected chi connectivity index (χ4v) is 5.03. The number of halogens is 1. The van der Waals surface area contributed by atoms with Gasteiger partial charge in [-0.15, -0.1) is 0 Å². The summed E-state index contributed by atoms with van der Waals surface area (Å²) in [4.78, 5) is 17.0. The van der Waals surface area contributed by atoms with Crippen molar-refractivity contribution in [3.8, 4) is 0 Å². The van der Waals surface area contributed by atoms with E-state index in [0.717, 1.165) is 42.1 Å². The number of carbonyl (C=O) groups is 1. The van der Waals surface area contributed by atoms with Crippen molar-refractivity contribution >= 4 is 16.7 Å². The highest BCUT2D eigenvalue weighted by atomic mass is 19.1. The fourth-order valence-electron chi connectivity index (χ4n) is 5.03. The van der Waals surface area contributed by atoms with E-state index in [1.165, 1.54) is 17.2 Å². The molecular weight excluding hydrogens is 373 g/mol. The average Bonchev–Trinajstić information content (AvgIpc) is 2.75. The second-order valence-electron chi connectivity index (χ2n) is 9.06. The Morgan fingerprint density at radius 2 is 1.80 bits per heavy atom. The number of aromatic nitrogens is 1. The topological polar surface area (TPSA) is 30.0 Å². The molecule has 3 aromatic rings. The molecule has 1 fully saturated rings. The van der Waals surface area contributed by atoms with Gasteiger partial charge in [0.2, 0.25) is 0 Å². The number of nitrogens with zero attached hydrogens (tertiary/aromatic N) is 1. The van der Waals surface area contributed by atoms with Gasteiger partial charge in [0.15, 0.2) is 0 Å². The SMILES string of the molecule is Cc1ccc(CC(=O)C[C@H](C)C2CCC(c3ccnc4ccc(F)cc34)CC2)cc1. The van der Waals surface area contributed by atoms with Crippen molar-refractivity contribution in [2.45, 2.75) is 58.3 Å². The Labute approximate surface area is 178 Å². The lowest BCUT2D eigenvalue weighted by atomic mass is 9.72. The summed E-state index contributed by atoms with van der Waals surface area (Å²) in [6.45, 7) is 4.30. The Bertz CT molecular complexity index is 1020. The molecule has 0 amide bonds. The third-order valence-corrected chi connectivity index (χ3v) is 6.83. The van der Waals surface area contributed by atoms with Gasteiger partial charge in [-0.25, -0.2) is 4.39 Å². The molecule has 1 atom stereocenters. The Hall–Kier alpha value is -2.55. The highest BCUT2D eigenvalue weighted by molar-refractivity contribution is 5.82. The van der Waals surface area contributed by atoms with Crippen molar-refractivity contribution in [2.75, 3.05) is 0 Å². The summed E-state index contributed by atoms with van der Waals surface area (Å²) in [5, 5.41) is 0.947.